The molecule has 0 spiro atoms. The zero-order valence-corrected chi connectivity index (χ0v) is 16.1. The van der Waals surface area contributed by atoms with E-state index in [4.69, 9.17) is 9.47 Å². The minimum absolute atomic E-state index is 0.0423. The zero-order valence-electron chi connectivity index (χ0n) is 13.0. The predicted molar refractivity (Wildman–Crippen MR) is 99.1 cm³/mol. The van der Waals surface area contributed by atoms with E-state index in [-0.39, 0.29) is 5.91 Å². The highest BCUT2D eigenvalue weighted by atomic mass is 79.9. The Kier molecular flexibility index (Phi) is 5.92. The molecule has 1 amide bonds. The fraction of sp³-hybridized carbons (Fsp3) is 0.278. The third-order valence-corrected chi connectivity index (χ3v) is 4.90. The van der Waals surface area contributed by atoms with Gasteiger partial charge in [-0.1, -0.05) is 46.3 Å². The van der Waals surface area contributed by atoms with E-state index in [0.29, 0.717) is 32.1 Å². The summed E-state index contributed by atoms with van der Waals surface area (Å²) < 4.78 is 13.2. The number of rotatable bonds is 4. The Morgan fingerprint density at radius 2 is 1.79 bits per heavy atom. The SMILES string of the molecule is O=C([C@H](Oc1ccc(Br)cc1Br)c1ccccc1)N1CCOCC1. The minimum Gasteiger partial charge on any atom is -0.475 e. The molecule has 2 aromatic rings. The van der Waals surface area contributed by atoms with Crippen molar-refractivity contribution in [1.82, 2.24) is 4.90 Å². The van der Waals surface area contributed by atoms with Gasteiger partial charge in [0.05, 0.1) is 17.7 Å². The lowest BCUT2D eigenvalue weighted by molar-refractivity contribution is -0.143. The van der Waals surface area contributed by atoms with Crippen LogP contribution in [0.1, 0.15) is 11.7 Å². The molecule has 0 saturated carbocycles. The lowest BCUT2D eigenvalue weighted by atomic mass is 10.1. The van der Waals surface area contributed by atoms with E-state index < -0.39 is 6.10 Å². The van der Waals surface area contributed by atoms with Crippen LogP contribution in [0.4, 0.5) is 0 Å². The monoisotopic (exact) mass is 453 g/mol. The molecule has 126 valence electrons. The molecule has 0 N–H and O–H groups in total. The molecule has 24 heavy (non-hydrogen) atoms. The molecule has 6 heteroatoms. The lowest BCUT2D eigenvalue weighted by Gasteiger charge is -2.30. The van der Waals surface area contributed by atoms with Crippen LogP contribution in [0.2, 0.25) is 0 Å². The molecule has 1 atom stereocenters. The number of morpholine rings is 1. The molecule has 0 aliphatic carbocycles. The van der Waals surface area contributed by atoms with Gasteiger partial charge in [0, 0.05) is 23.1 Å². The van der Waals surface area contributed by atoms with E-state index in [1.165, 1.54) is 0 Å². The van der Waals surface area contributed by atoms with Crippen LogP contribution < -0.4 is 4.74 Å². The van der Waals surface area contributed by atoms with Crippen molar-refractivity contribution in [3.05, 3.63) is 63.0 Å². The second-order valence-electron chi connectivity index (χ2n) is 5.42. The summed E-state index contributed by atoms with van der Waals surface area (Å²) in [6.07, 6.45) is -0.679. The van der Waals surface area contributed by atoms with Gasteiger partial charge in [0.2, 0.25) is 6.10 Å². The molecule has 0 radical (unpaired) electrons. The summed E-state index contributed by atoms with van der Waals surface area (Å²) in [5.41, 5.74) is 0.837. The Balaban J connectivity index is 1.88. The Bertz CT molecular complexity index is 703. The topological polar surface area (TPSA) is 38.8 Å². The summed E-state index contributed by atoms with van der Waals surface area (Å²) in [6, 6.07) is 15.2. The van der Waals surface area contributed by atoms with Gasteiger partial charge >= 0.3 is 0 Å². The molecular formula is C18H17Br2NO3. The number of amides is 1. The molecule has 1 fully saturated rings. The van der Waals surface area contributed by atoms with Crippen LogP contribution in [0, 0.1) is 0 Å². The van der Waals surface area contributed by atoms with Crippen LogP contribution in [0.15, 0.2) is 57.5 Å². The maximum absolute atomic E-state index is 13.0. The molecule has 0 aromatic heterocycles. The first-order valence-corrected chi connectivity index (χ1v) is 9.27. The lowest BCUT2D eigenvalue weighted by Crippen LogP contribution is -2.44. The largest absolute Gasteiger partial charge is 0.475 e. The normalized spacial score (nSPS) is 15.8. The molecule has 0 bridgehead atoms. The summed E-state index contributed by atoms with van der Waals surface area (Å²) >= 11 is 6.92. The first-order valence-electron chi connectivity index (χ1n) is 7.68. The van der Waals surface area contributed by atoms with E-state index in [0.717, 1.165) is 14.5 Å². The number of nitrogens with zero attached hydrogens (tertiary/aromatic N) is 1. The van der Waals surface area contributed by atoms with Gasteiger partial charge in [-0.25, -0.2) is 0 Å². The Hall–Kier alpha value is -1.37. The minimum atomic E-state index is -0.679. The number of hydrogen-bond acceptors (Lipinski definition) is 3. The number of hydrogen-bond donors (Lipinski definition) is 0. The van der Waals surface area contributed by atoms with Crippen LogP contribution in [0.3, 0.4) is 0 Å². The van der Waals surface area contributed by atoms with Crippen LogP contribution in [-0.4, -0.2) is 37.1 Å². The van der Waals surface area contributed by atoms with Gasteiger partial charge in [-0.3, -0.25) is 4.79 Å². The number of halogens is 2. The molecule has 0 unspecified atom stereocenters. The maximum atomic E-state index is 13.0. The summed E-state index contributed by atoms with van der Waals surface area (Å²) in [5, 5.41) is 0. The zero-order chi connectivity index (χ0) is 16.9. The summed E-state index contributed by atoms with van der Waals surface area (Å²) in [4.78, 5) is 14.8. The van der Waals surface area contributed by atoms with E-state index in [1.807, 2.05) is 48.5 Å². The smallest absolute Gasteiger partial charge is 0.268 e. The van der Waals surface area contributed by atoms with Gasteiger partial charge in [0.1, 0.15) is 5.75 Å². The second kappa shape index (κ2) is 8.14. The Labute approximate surface area is 158 Å². The number of ether oxygens (including phenoxy) is 2. The Morgan fingerprint density at radius 3 is 2.46 bits per heavy atom. The van der Waals surface area contributed by atoms with Crippen molar-refractivity contribution in [2.24, 2.45) is 0 Å². The number of carbonyl (C=O) groups excluding carboxylic acids is 1. The summed E-state index contributed by atoms with van der Waals surface area (Å²) in [6.45, 7) is 2.31. The summed E-state index contributed by atoms with van der Waals surface area (Å²) in [7, 11) is 0. The van der Waals surface area contributed by atoms with Crippen molar-refractivity contribution in [3.8, 4) is 5.75 Å². The van der Waals surface area contributed by atoms with Gasteiger partial charge < -0.3 is 14.4 Å². The van der Waals surface area contributed by atoms with Crippen LogP contribution in [0.5, 0.6) is 5.75 Å². The maximum Gasteiger partial charge on any atom is 0.268 e. The van der Waals surface area contributed by atoms with Crippen LogP contribution >= 0.6 is 31.9 Å². The van der Waals surface area contributed by atoms with E-state index in [9.17, 15) is 4.79 Å². The summed E-state index contributed by atoms with van der Waals surface area (Å²) in [5.74, 6) is 0.591. The van der Waals surface area contributed by atoms with Crippen molar-refractivity contribution in [2.75, 3.05) is 26.3 Å². The fourth-order valence-corrected chi connectivity index (χ4v) is 3.68. The van der Waals surface area contributed by atoms with Crippen molar-refractivity contribution in [1.29, 1.82) is 0 Å². The van der Waals surface area contributed by atoms with Crippen LogP contribution in [-0.2, 0) is 9.53 Å². The highest BCUT2D eigenvalue weighted by Crippen LogP contribution is 2.32. The fourth-order valence-electron chi connectivity index (χ4n) is 2.54. The second-order valence-corrected chi connectivity index (χ2v) is 7.19. The predicted octanol–water partition coefficient (Wildman–Crippen LogP) is 4.19. The highest BCUT2D eigenvalue weighted by Gasteiger charge is 2.29. The van der Waals surface area contributed by atoms with Gasteiger partial charge in [0.25, 0.3) is 5.91 Å². The average molecular weight is 455 g/mol. The van der Waals surface area contributed by atoms with Crippen molar-refractivity contribution in [3.63, 3.8) is 0 Å². The third kappa shape index (κ3) is 4.18. The molecule has 2 aromatic carbocycles. The van der Waals surface area contributed by atoms with Crippen molar-refractivity contribution >= 4 is 37.8 Å². The molecule has 3 rings (SSSR count). The van der Waals surface area contributed by atoms with E-state index >= 15 is 0 Å². The molecular weight excluding hydrogens is 438 g/mol. The first-order chi connectivity index (χ1) is 11.6. The van der Waals surface area contributed by atoms with Crippen molar-refractivity contribution in [2.45, 2.75) is 6.10 Å². The van der Waals surface area contributed by atoms with Gasteiger partial charge in [-0.2, -0.15) is 0 Å². The number of benzene rings is 2. The van der Waals surface area contributed by atoms with Crippen molar-refractivity contribution < 1.29 is 14.3 Å². The van der Waals surface area contributed by atoms with Crippen LogP contribution in [0.25, 0.3) is 0 Å². The standard InChI is InChI=1S/C18H17Br2NO3/c19-14-6-7-16(15(20)12-14)24-17(13-4-2-1-3-5-13)18(22)21-8-10-23-11-9-21/h1-7,12,17H,8-11H2/t17-/m1/s1. The van der Waals surface area contributed by atoms with E-state index in [2.05, 4.69) is 31.9 Å². The average Bonchev–Trinajstić information content (AvgIpc) is 2.62. The highest BCUT2D eigenvalue weighted by molar-refractivity contribution is 9.11. The molecule has 1 saturated heterocycles. The van der Waals surface area contributed by atoms with Gasteiger partial charge in [-0.05, 0) is 34.1 Å². The Morgan fingerprint density at radius 1 is 1.08 bits per heavy atom. The number of carbonyl (C=O) groups is 1. The first kappa shape index (κ1) is 17.5. The van der Waals surface area contributed by atoms with Gasteiger partial charge in [0.15, 0.2) is 0 Å². The molecule has 1 heterocycles. The van der Waals surface area contributed by atoms with Gasteiger partial charge in [-0.15, -0.1) is 0 Å². The molecule has 4 nitrogen and oxygen atoms in total. The third-order valence-electron chi connectivity index (χ3n) is 3.79. The van der Waals surface area contributed by atoms with E-state index in [1.54, 1.807) is 4.90 Å². The molecule has 1 aliphatic heterocycles. The quantitative estimate of drug-likeness (QED) is 0.695. The molecule has 1 aliphatic rings.